The van der Waals surface area contributed by atoms with E-state index in [1.165, 1.54) is 16.8 Å². The van der Waals surface area contributed by atoms with Crippen molar-refractivity contribution in [2.45, 2.75) is 0 Å². The van der Waals surface area contributed by atoms with Gasteiger partial charge in [0.1, 0.15) is 0 Å². The van der Waals surface area contributed by atoms with Crippen LogP contribution in [0.2, 0.25) is 0 Å². The molecule has 0 radical (unpaired) electrons. The number of anilines is 3. The minimum atomic E-state index is -0.978. The third-order valence-electron chi connectivity index (χ3n) is 2.89. The Hall–Kier alpha value is -3.42. The summed E-state index contributed by atoms with van der Waals surface area (Å²) < 4.78 is 1.41. The quantitative estimate of drug-likeness (QED) is 0.670. The maximum absolute atomic E-state index is 10.8. The Kier molecular flexibility index (Phi) is 3.40. The standard InChI is InChI=1S/C14H12N6O2/c15-13-18-14(19-20(13)11-3-1-2-8-16-11)17-10-6-4-9(5-7-10)12(21)22/h1-8H,(H,21,22)(H3,15,17,18,19). The number of rotatable bonds is 4. The zero-order valence-electron chi connectivity index (χ0n) is 11.3. The van der Waals surface area contributed by atoms with Crippen LogP contribution in [0.3, 0.4) is 0 Å². The molecule has 0 amide bonds. The highest BCUT2D eigenvalue weighted by Crippen LogP contribution is 2.17. The molecule has 2 aromatic heterocycles. The number of hydrogen-bond donors (Lipinski definition) is 3. The van der Waals surface area contributed by atoms with Crippen molar-refractivity contribution in [1.29, 1.82) is 0 Å². The summed E-state index contributed by atoms with van der Waals surface area (Å²) in [7, 11) is 0. The van der Waals surface area contributed by atoms with Crippen molar-refractivity contribution in [3.05, 3.63) is 54.2 Å². The van der Waals surface area contributed by atoms with Gasteiger partial charge in [-0.1, -0.05) is 6.07 Å². The molecule has 0 aliphatic heterocycles. The van der Waals surface area contributed by atoms with Crippen LogP contribution >= 0.6 is 0 Å². The third kappa shape index (κ3) is 2.70. The van der Waals surface area contributed by atoms with Crippen LogP contribution < -0.4 is 11.1 Å². The summed E-state index contributed by atoms with van der Waals surface area (Å²) in [4.78, 5) is 19.1. The molecule has 3 rings (SSSR count). The van der Waals surface area contributed by atoms with Crippen LogP contribution in [0.15, 0.2) is 48.7 Å². The van der Waals surface area contributed by atoms with Crippen LogP contribution in [0, 0.1) is 0 Å². The summed E-state index contributed by atoms with van der Waals surface area (Å²) in [5, 5.41) is 16.0. The van der Waals surface area contributed by atoms with E-state index in [0.29, 0.717) is 17.5 Å². The molecular formula is C14H12N6O2. The number of aromatic nitrogens is 4. The molecular weight excluding hydrogens is 284 g/mol. The average molecular weight is 296 g/mol. The summed E-state index contributed by atoms with van der Waals surface area (Å²) >= 11 is 0. The van der Waals surface area contributed by atoms with Gasteiger partial charge in [-0.3, -0.25) is 0 Å². The summed E-state index contributed by atoms with van der Waals surface area (Å²) in [6.07, 6.45) is 1.63. The molecule has 2 heterocycles. The van der Waals surface area contributed by atoms with Gasteiger partial charge < -0.3 is 16.2 Å². The molecule has 0 bridgehead atoms. The molecule has 0 spiro atoms. The topological polar surface area (TPSA) is 119 Å². The second-order valence-electron chi connectivity index (χ2n) is 4.40. The van der Waals surface area contributed by atoms with Gasteiger partial charge in [-0.05, 0) is 36.4 Å². The van der Waals surface area contributed by atoms with Crippen LogP contribution in [0.5, 0.6) is 0 Å². The maximum atomic E-state index is 10.8. The molecule has 0 aliphatic carbocycles. The van der Waals surface area contributed by atoms with Gasteiger partial charge in [0.05, 0.1) is 5.56 Å². The number of nitrogens with two attached hydrogens (primary N) is 1. The summed E-state index contributed by atoms with van der Waals surface area (Å²) in [6.45, 7) is 0. The number of carboxylic acid groups (broad SMARTS) is 1. The highest BCUT2D eigenvalue weighted by molar-refractivity contribution is 5.88. The van der Waals surface area contributed by atoms with E-state index in [9.17, 15) is 4.79 Å². The molecule has 0 unspecified atom stereocenters. The molecule has 0 saturated carbocycles. The minimum Gasteiger partial charge on any atom is -0.478 e. The first-order chi connectivity index (χ1) is 10.6. The van der Waals surface area contributed by atoms with Gasteiger partial charge in [-0.25, -0.2) is 9.78 Å². The fraction of sp³-hybridized carbons (Fsp3) is 0. The summed E-state index contributed by atoms with van der Waals surface area (Å²) in [5.41, 5.74) is 6.68. The van der Waals surface area contributed by atoms with E-state index < -0.39 is 5.97 Å². The van der Waals surface area contributed by atoms with Gasteiger partial charge >= 0.3 is 5.97 Å². The van der Waals surface area contributed by atoms with Crippen molar-refractivity contribution in [1.82, 2.24) is 19.7 Å². The second kappa shape index (κ2) is 5.52. The number of benzene rings is 1. The zero-order chi connectivity index (χ0) is 15.5. The number of aromatic carboxylic acids is 1. The van der Waals surface area contributed by atoms with Gasteiger partial charge in [-0.15, -0.1) is 5.10 Å². The van der Waals surface area contributed by atoms with E-state index in [1.54, 1.807) is 30.5 Å². The van der Waals surface area contributed by atoms with Crippen molar-refractivity contribution in [3.8, 4) is 5.82 Å². The van der Waals surface area contributed by atoms with Crippen molar-refractivity contribution in [2.75, 3.05) is 11.1 Å². The maximum Gasteiger partial charge on any atom is 0.335 e. The van der Waals surface area contributed by atoms with E-state index in [-0.39, 0.29) is 11.5 Å². The molecule has 8 nitrogen and oxygen atoms in total. The molecule has 110 valence electrons. The fourth-order valence-electron chi connectivity index (χ4n) is 1.85. The van der Waals surface area contributed by atoms with Crippen molar-refractivity contribution in [3.63, 3.8) is 0 Å². The highest BCUT2D eigenvalue weighted by Gasteiger charge is 2.10. The van der Waals surface area contributed by atoms with E-state index in [0.717, 1.165) is 0 Å². The predicted molar refractivity (Wildman–Crippen MR) is 80.3 cm³/mol. The molecule has 1 aromatic carbocycles. The molecule has 0 atom stereocenters. The Morgan fingerprint density at radius 1 is 1.18 bits per heavy atom. The zero-order valence-corrected chi connectivity index (χ0v) is 11.3. The fourth-order valence-corrected chi connectivity index (χ4v) is 1.85. The Balaban J connectivity index is 1.83. The first kappa shape index (κ1) is 13.6. The van der Waals surface area contributed by atoms with E-state index in [2.05, 4.69) is 20.4 Å². The van der Waals surface area contributed by atoms with E-state index >= 15 is 0 Å². The van der Waals surface area contributed by atoms with Crippen LogP contribution in [0.25, 0.3) is 5.82 Å². The number of carboxylic acids is 1. The van der Waals surface area contributed by atoms with E-state index in [1.807, 2.05) is 6.07 Å². The number of pyridine rings is 1. The molecule has 0 fully saturated rings. The summed E-state index contributed by atoms with van der Waals surface area (Å²) in [5.74, 6) is 0.0738. The van der Waals surface area contributed by atoms with Crippen LogP contribution in [-0.4, -0.2) is 30.8 Å². The van der Waals surface area contributed by atoms with Crippen molar-refractivity contribution < 1.29 is 9.90 Å². The molecule has 8 heteroatoms. The van der Waals surface area contributed by atoms with Gasteiger partial charge in [0, 0.05) is 11.9 Å². The Labute approximate surface area is 125 Å². The van der Waals surface area contributed by atoms with Gasteiger partial charge in [0.2, 0.25) is 11.9 Å². The number of nitrogens with one attached hydrogen (secondary N) is 1. The number of nitrogen functional groups attached to an aromatic ring is 1. The van der Waals surface area contributed by atoms with Crippen LogP contribution in [0.1, 0.15) is 10.4 Å². The van der Waals surface area contributed by atoms with Crippen LogP contribution in [-0.2, 0) is 0 Å². The Bertz CT molecular complexity index is 798. The number of nitrogens with zero attached hydrogens (tertiary/aromatic N) is 4. The molecule has 4 N–H and O–H groups in total. The smallest absolute Gasteiger partial charge is 0.335 e. The van der Waals surface area contributed by atoms with E-state index in [4.69, 9.17) is 10.8 Å². The first-order valence-corrected chi connectivity index (χ1v) is 6.38. The largest absolute Gasteiger partial charge is 0.478 e. The molecule has 0 aliphatic rings. The lowest BCUT2D eigenvalue weighted by molar-refractivity contribution is 0.0697. The number of carbonyl (C=O) groups is 1. The number of hydrogen-bond acceptors (Lipinski definition) is 6. The Morgan fingerprint density at radius 3 is 2.59 bits per heavy atom. The monoisotopic (exact) mass is 296 g/mol. The molecule has 3 aromatic rings. The summed E-state index contributed by atoms with van der Waals surface area (Å²) in [6, 6.07) is 11.6. The third-order valence-corrected chi connectivity index (χ3v) is 2.89. The van der Waals surface area contributed by atoms with Crippen LogP contribution in [0.4, 0.5) is 17.6 Å². The predicted octanol–water partition coefficient (Wildman–Crippen LogP) is 1.69. The van der Waals surface area contributed by atoms with Gasteiger partial charge in [-0.2, -0.15) is 9.67 Å². The van der Waals surface area contributed by atoms with Gasteiger partial charge in [0.15, 0.2) is 5.82 Å². The van der Waals surface area contributed by atoms with Crippen molar-refractivity contribution in [2.24, 2.45) is 0 Å². The second-order valence-corrected chi connectivity index (χ2v) is 4.40. The SMILES string of the molecule is Nc1nc(Nc2ccc(C(=O)O)cc2)nn1-c1ccccn1. The minimum absolute atomic E-state index is 0.198. The lowest BCUT2D eigenvalue weighted by atomic mass is 10.2. The Morgan fingerprint density at radius 2 is 1.95 bits per heavy atom. The van der Waals surface area contributed by atoms with Gasteiger partial charge in [0.25, 0.3) is 0 Å². The molecule has 22 heavy (non-hydrogen) atoms. The lowest BCUT2D eigenvalue weighted by Gasteiger charge is -2.02. The first-order valence-electron chi connectivity index (χ1n) is 6.38. The average Bonchev–Trinajstić information content (AvgIpc) is 2.89. The molecule has 0 saturated heterocycles. The highest BCUT2D eigenvalue weighted by atomic mass is 16.4. The normalized spacial score (nSPS) is 10.4. The van der Waals surface area contributed by atoms with Crippen molar-refractivity contribution >= 4 is 23.6 Å². The lowest BCUT2D eigenvalue weighted by Crippen LogP contribution is -2.04.